The van der Waals surface area contributed by atoms with E-state index in [9.17, 15) is 0 Å². The molecule has 0 bridgehead atoms. The van der Waals surface area contributed by atoms with E-state index in [-0.39, 0.29) is 0 Å². The molecule has 1 saturated heterocycles. The fourth-order valence-electron chi connectivity index (χ4n) is 3.61. The predicted octanol–water partition coefficient (Wildman–Crippen LogP) is 3.19. The monoisotopic (exact) mass is 347 g/mol. The standard InChI is InChI=1S/C21H25N5/c1-24-20(19-11-6-3-7-12-19)22-23-21(24)26-14-8-13-25(15-16-26)17-18-9-4-2-5-10-18/h2-7,9-12H,8,13-17H2,1H3. The molecule has 0 aliphatic carbocycles. The van der Waals surface area contributed by atoms with Gasteiger partial charge in [-0.3, -0.25) is 9.47 Å². The molecule has 0 atom stereocenters. The van der Waals surface area contributed by atoms with E-state index >= 15 is 0 Å². The molecule has 5 nitrogen and oxygen atoms in total. The molecule has 2 aromatic carbocycles. The van der Waals surface area contributed by atoms with Crippen molar-refractivity contribution in [3.8, 4) is 11.4 Å². The molecule has 3 aromatic rings. The van der Waals surface area contributed by atoms with Crippen molar-refractivity contribution >= 4 is 5.95 Å². The van der Waals surface area contributed by atoms with Gasteiger partial charge in [-0.1, -0.05) is 60.7 Å². The van der Waals surface area contributed by atoms with E-state index < -0.39 is 0 Å². The third-order valence-corrected chi connectivity index (χ3v) is 5.00. The first-order chi connectivity index (χ1) is 12.8. The minimum atomic E-state index is 0.922. The average molecular weight is 347 g/mol. The van der Waals surface area contributed by atoms with Crippen molar-refractivity contribution in [3.63, 3.8) is 0 Å². The Hall–Kier alpha value is -2.66. The lowest BCUT2D eigenvalue weighted by molar-refractivity contribution is 0.285. The second-order valence-corrected chi connectivity index (χ2v) is 6.85. The molecular weight excluding hydrogens is 322 g/mol. The van der Waals surface area contributed by atoms with E-state index in [0.29, 0.717) is 0 Å². The predicted molar refractivity (Wildman–Crippen MR) is 105 cm³/mol. The van der Waals surface area contributed by atoms with Gasteiger partial charge in [0.05, 0.1) is 0 Å². The van der Waals surface area contributed by atoms with Crippen LogP contribution in [0.3, 0.4) is 0 Å². The summed E-state index contributed by atoms with van der Waals surface area (Å²) in [5.41, 5.74) is 2.49. The van der Waals surface area contributed by atoms with Crippen LogP contribution in [0.25, 0.3) is 11.4 Å². The van der Waals surface area contributed by atoms with Crippen LogP contribution in [0.5, 0.6) is 0 Å². The molecule has 5 heteroatoms. The highest BCUT2D eigenvalue weighted by atomic mass is 15.4. The molecule has 0 unspecified atom stereocenters. The summed E-state index contributed by atoms with van der Waals surface area (Å²) in [5.74, 6) is 1.89. The van der Waals surface area contributed by atoms with Gasteiger partial charge in [0.1, 0.15) is 0 Å². The summed E-state index contributed by atoms with van der Waals surface area (Å²) in [6.07, 6.45) is 1.14. The molecule has 1 aliphatic rings. The van der Waals surface area contributed by atoms with Gasteiger partial charge < -0.3 is 4.90 Å². The Morgan fingerprint density at radius 3 is 2.31 bits per heavy atom. The Morgan fingerprint density at radius 2 is 1.54 bits per heavy atom. The summed E-state index contributed by atoms with van der Waals surface area (Å²) >= 11 is 0. The van der Waals surface area contributed by atoms with Crippen molar-refractivity contribution in [3.05, 3.63) is 66.2 Å². The summed E-state index contributed by atoms with van der Waals surface area (Å²) in [7, 11) is 2.06. The maximum atomic E-state index is 4.49. The smallest absolute Gasteiger partial charge is 0.227 e. The number of benzene rings is 2. The number of nitrogens with zero attached hydrogens (tertiary/aromatic N) is 5. The summed E-state index contributed by atoms with van der Waals surface area (Å²) < 4.78 is 2.11. The van der Waals surface area contributed by atoms with Crippen LogP contribution in [-0.4, -0.2) is 45.8 Å². The normalized spacial score (nSPS) is 15.8. The van der Waals surface area contributed by atoms with Crippen LogP contribution >= 0.6 is 0 Å². The first kappa shape index (κ1) is 16.8. The molecular formula is C21H25N5. The Kier molecular flexibility index (Phi) is 4.97. The topological polar surface area (TPSA) is 37.2 Å². The summed E-state index contributed by atoms with van der Waals surface area (Å²) in [4.78, 5) is 4.90. The zero-order valence-electron chi connectivity index (χ0n) is 15.3. The van der Waals surface area contributed by atoms with Crippen LogP contribution in [0, 0.1) is 0 Å². The minimum absolute atomic E-state index is 0.922. The molecule has 0 spiro atoms. The third-order valence-electron chi connectivity index (χ3n) is 5.00. The molecule has 0 amide bonds. The number of rotatable bonds is 4. The van der Waals surface area contributed by atoms with E-state index in [4.69, 9.17) is 0 Å². The van der Waals surface area contributed by atoms with Crippen molar-refractivity contribution in [2.75, 3.05) is 31.1 Å². The van der Waals surface area contributed by atoms with Gasteiger partial charge in [0.25, 0.3) is 0 Å². The van der Waals surface area contributed by atoms with Crippen LogP contribution in [0.2, 0.25) is 0 Å². The summed E-state index contributed by atoms with van der Waals surface area (Å²) in [5, 5.41) is 8.92. The van der Waals surface area contributed by atoms with E-state index in [1.165, 1.54) is 5.56 Å². The lowest BCUT2D eigenvalue weighted by atomic mass is 10.2. The van der Waals surface area contributed by atoms with E-state index in [1.807, 2.05) is 18.2 Å². The zero-order chi connectivity index (χ0) is 17.8. The van der Waals surface area contributed by atoms with Crippen molar-refractivity contribution in [1.29, 1.82) is 0 Å². The van der Waals surface area contributed by atoms with Crippen LogP contribution in [0.4, 0.5) is 5.95 Å². The van der Waals surface area contributed by atoms with Gasteiger partial charge >= 0.3 is 0 Å². The lowest BCUT2D eigenvalue weighted by Gasteiger charge is -2.22. The molecule has 2 heterocycles. The maximum Gasteiger partial charge on any atom is 0.227 e. The van der Waals surface area contributed by atoms with Crippen molar-refractivity contribution in [2.24, 2.45) is 7.05 Å². The molecule has 1 aliphatic heterocycles. The molecule has 134 valence electrons. The van der Waals surface area contributed by atoms with Crippen LogP contribution in [0.15, 0.2) is 60.7 Å². The Morgan fingerprint density at radius 1 is 0.808 bits per heavy atom. The molecule has 0 radical (unpaired) electrons. The van der Waals surface area contributed by atoms with E-state index in [1.54, 1.807) is 0 Å². The Labute approximate surface area is 154 Å². The molecule has 26 heavy (non-hydrogen) atoms. The number of anilines is 1. The van der Waals surface area contributed by atoms with Gasteiger partial charge in [0.15, 0.2) is 5.82 Å². The Bertz CT molecular complexity index is 828. The summed E-state index contributed by atoms with van der Waals surface area (Å²) in [6, 6.07) is 21.0. The summed E-state index contributed by atoms with van der Waals surface area (Å²) in [6.45, 7) is 5.18. The number of hydrogen-bond donors (Lipinski definition) is 0. The molecule has 1 aromatic heterocycles. The highest BCUT2D eigenvalue weighted by molar-refractivity contribution is 5.57. The van der Waals surface area contributed by atoms with Gasteiger partial charge in [0, 0.05) is 45.3 Å². The molecule has 4 rings (SSSR count). The van der Waals surface area contributed by atoms with Gasteiger partial charge in [-0.05, 0) is 12.0 Å². The first-order valence-electron chi connectivity index (χ1n) is 9.27. The van der Waals surface area contributed by atoms with Crippen LogP contribution < -0.4 is 4.90 Å². The quantitative estimate of drug-likeness (QED) is 0.726. The van der Waals surface area contributed by atoms with E-state index in [0.717, 1.165) is 56.5 Å². The molecule has 1 fully saturated rings. The lowest BCUT2D eigenvalue weighted by Crippen LogP contribution is -2.32. The number of hydrogen-bond acceptors (Lipinski definition) is 4. The van der Waals surface area contributed by atoms with Crippen LogP contribution in [-0.2, 0) is 13.6 Å². The fraction of sp³-hybridized carbons (Fsp3) is 0.333. The Balaban J connectivity index is 1.45. The van der Waals surface area contributed by atoms with Gasteiger partial charge in [-0.25, -0.2) is 0 Å². The fourth-order valence-corrected chi connectivity index (χ4v) is 3.61. The molecule has 0 saturated carbocycles. The molecule has 0 N–H and O–H groups in total. The second kappa shape index (κ2) is 7.70. The first-order valence-corrected chi connectivity index (χ1v) is 9.27. The maximum absolute atomic E-state index is 4.49. The van der Waals surface area contributed by atoms with Gasteiger partial charge in [-0.15, -0.1) is 10.2 Å². The third kappa shape index (κ3) is 3.63. The highest BCUT2D eigenvalue weighted by Gasteiger charge is 2.20. The van der Waals surface area contributed by atoms with Gasteiger partial charge in [-0.2, -0.15) is 0 Å². The van der Waals surface area contributed by atoms with Crippen molar-refractivity contribution < 1.29 is 0 Å². The largest absolute Gasteiger partial charge is 0.340 e. The van der Waals surface area contributed by atoms with Gasteiger partial charge in [0.2, 0.25) is 5.95 Å². The van der Waals surface area contributed by atoms with Crippen LogP contribution in [0.1, 0.15) is 12.0 Å². The zero-order valence-corrected chi connectivity index (χ0v) is 15.3. The SMILES string of the molecule is Cn1c(-c2ccccc2)nnc1N1CCCN(Cc2ccccc2)CC1. The average Bonchev–Trinajstić information content (AvgIpc) is 2.92. The van der Waals surface area contributed by atoms with Crippen molar-refractivity contribution in [2.45, 2.75) is 13.0 Å². The van der Waals surface area contributed by atoms with Crippen molar-refractivity contribution in [1.82, 2.24) is 19.7 Å². The van der Waals surface area contributed by atoms with E-state index in [2.05, 4.69) is 74.1 Å². The highest BCUT2D eigenvalue weighted by Crippen LogP contribution is 2.22. The second-order valence-electron chi connectivity index (χ2n) is 6.85. The minimum Gasteiger partial charge on any atom is -0.340 e. The number of aromatic nitrogens is 3.